The van der Waals surface area contributed by atoms with Crippen LogP contribution < -0.4 is 10.6 Å². The van der Waals surface area contributed by atoms with Gasteiger partial charge in [-0.05, 0) is 18.9 Å². The standard InChI is InChI=1S/C15H23FN2O2/c1-4-11(2)15(3,20)10-18-14(19)17-9-12-7-5-6-8-13(12)16/h5-8,11,20H,4,9-10H2,1-3H3,(H2,17,18,19). The third-order valence-electron chi connectivity index (χ3n) is 3.68. The van der Waals surface area contributed by atoms with Gasteiger partial charge in [-0.2, -0.15) is 0 Å². The number of halogens is 1. The molecule has 1 rings (SSSR count). The van der Waals surface area contributed by atoms with Crippen molar-refractivity contribution in [2.24, 2.45) is 5.92 Å². The largest absolute Gasteiger partial charge is 0.388 e. The summed E-state index contributed by atoms with van der Waals surface area (Å²) in [7, 11) is 0. The molecule has 0 heterocycles. The van der Waals surface area contributed by atoms with E-state index in [0.717, 1.165) is 6.42 Å². The van der Waals surface area contributed by atoms with E-state index in [1.54, 1.807) is 25.1 Å². The van der Waals surface area contributed by atoms with Gasteiger partial charge in [0, 0.05) is 18.7 Å². The number of urea groups is 1. The first kappa shape index (κ1) is 16.4. The quantitative estimate of drug-likeness (QED) is 0.750. The molecule has 20 heavy (non-hydrogen) atoms. The predicted molar refractivity (Wildman–Crippen MR) is 76.7 cm³/mol. The van der Waals surface area contributed by atoms with Gasteiger partial charge in [-0.1, -0.05) is 38.5 Å². The third-order valence-corrected chi connectivity index (χ3v) is 3.68. The van der Waals surface area contributed by atoms with Gasteiger partial charge in [0.2, 0.25) is 0 Å². The molecule has 112 valence electrons. The van der Waals surface area contributed by atoms with Crippen molar-refractivity contribution >= 4 is 6.03 Å². The molecule has 2 unspecified atom stereocenters. The van der Waals surface area contributed by atoms with Crippen molar-refractivity contribution in [3.05, 3.63) is 35.6 Å². The number of rotatable bonds is 6. The van der Waals surface area contributed by atoms with E-state index in [0.29, 0.717) is 5.56 Å². The van der Waals surface area contributed by atoms with Crippen LogP contribution in [0.1, 0.15) is 32.8 Å². The van der Waals surface area contributed by atoms with E-state index in [1.807, 2.05) is 13.8 Å². The summed E-state index contributed by atoms with van der Waals surface area (Å²) in [5.74, 6) is -0.270. The Morgan fingerprint density at radius 3 is 2.65 bits per heavy atom. The molecule has 1 aromatic rings. The van der Waals surface area contributed by atoms with Crippen molar-refractivity contribution in [3.8, 4) is 0 Å². The smallest absolute Gasteiger partial charge is 0.315 e. The molecule has 4 nitrogen and oxygen atoms in total. The molecule has 0 aliphatic carbocycles. The summed E-state index contributed by atoms with van der Waals surface area (Å²) in [4.78, 5) is 11.6. The summed E-state index contributed by atoms with van der Waals surface area (Å²) in [6.45, 7) is 5.88. The molecule has 0 bridgehead atoms. The first-order valence-corrected chi connectivity index (χ1v) is 6.84. The predicted octanol–water partition coefficient (Wildman–Crippen LogP) is 2.42. The van der Waals surface area contributed by atoms with Crippen LogP contribution in [0.3, 0.4) is 0 Å². The highest BCUT2D eigenvalue weighted by molar-refractivity contribution is 5.73. The zero-order chi connectivity index (χ0) is 15.2. The van der Waals surface area contributed by atoms with Crippen LogP contribution in [0.4, 0.5) is 9.18 Å². The number of carbonyl (C=O) groups is 1. The molecule has 3 N–H and O–H groups in total. The molecule has 0 saturated heterocycles. The average Bonchev–Trinajstić information content (AvgIpc) is 2.43. The van der Waals surface area contributed by atoms with Crippen LogP contribution in [-0.4, -0.2) is 23.3 Å². The molecule has 0 fully saturated rings. The van der Waals surface area contributed by atoms with Crippen LogP contribution in [0, 0.1) is 11.7 Å². The molecule has 1 aromatic carbocycles. The Morgan fingerprint density at radius 2 is 2.05 bits per heavy atom. The van der Waals surface area contributed by atoms with E-state index in [1.165, 1.54) is 6.07 Å². The monoisotopic (exact) mass is 282 g/mol. The maximum absolute atomic E-state index is 13.4. The van der Waals surface area contributed by atoms with E-state index < -0.39 is 11.6 Å². The van der Waals surface area contributed by atoms with Gasteiger partial charge in [0.05, 0.1) is 5.60 Å². The van der Waals surface area contributed by atoms with Crippen molar-refractivity contribution in [3.63, 3.8) is 0 Å². The molecular formula is C15H23FN2O2. The van der Waals surface area contributed by atoms with Gasteiger partial charge in [-0.15, -0.1) is 0 Å². The zero-order valence-corrected chi connectivity index (χ0v) is 12.2. The number of aliphatic hydroxyl groups is 1. The van der Waals surface area contributed by atoms with Crippen molar-refractivity contribution in [1.82, 2.24) is 10.6 Å². The molecule has 0 radical (unpaired) electrons. The SMILES string of the molecule is CCC(C)C(C)(O)CNC(=O)NCc1ccccc1F. The van der Waals surface area contributed by atoms with E-state index in [4.69, 9.17) is 0 Å². The van der Waals surface area contributed by atoms with Gasteiger partial charge in [-0.3, -0.25) is 0 Å². The van der Waals surface area contributed by atoms with E-state index >= 15 is 0 Å². The molecule has 0 saturated carbocycles. The average molecular weight is 282 g/mol. The summed E-state index contributed by atoms with van der Waals surface area (Å²) in [5, 5.41) is 15.3. The topological polar surface area (TPSA) is 61.4 Å². The Balaban J connectivity index is 2.40. The maximum atomic E-state index is 13.4. The van der Waals surface area contributed by atoms with Crippen molar-refractivity contribution in [2.45, 2.75) is 39.3 Å². The molecule has 0 spiro atoms. The van der Waals surface area contributed by atoms with Gasteiger partial charge in [0.1, 0.15) is 5.82 Å². The third kappa shape index (κ3) is 4.81. The lowest BCUT2D eigenvalue weighted by Gasteiger charge is -2.29. The van der Waals surface area contributed by atoms with Crippen molar-refractivity contribution in [2.75, 3.05) is 6.54 Å². The number of nitrogens with one attached hydrogen (secondary N) is 2. The number of carbonyl (C=O) groups excluding carboxylic acids is 1. The number of hydrogen-bond donors (Lipinski definition) is 3. The molecular weight excluding hydrogens is 259 g/mol. The van der Waals surface area contributed by atoms with Crippen molar-refractivity contribution < 1.29 is 14.3 Å². The Labute approximate surface area is 119 Å². The summed E-state index contributed by atoms with van der Waals surface area (Å²) in [6.07, 6.45) is 0.825. The fourth-order valence-electron chi connectivity index (χ4n) is 1.75. The second-order valence-corrected chi connectivity index (χ2v) is 5.29. The molecule has 5 heteroatoms. The van der Waals surface area contributed by atoms with Gasteiger partial charge in [0.25, 0.3) is 0 Å². The lowest BCUT2D eigenvalue weighted by molar-refractivity contribution is 0.00790. The minimum Gasteiger partial charge on any atom is -0.388 e. The van der Waals surface area contributed by atoms with Crippen LogP contribution in [0.25, 0.3) is 0 Å². The number of hydrogen-bond acceptors (Lipinski definition) is 2. The van der Waals surface area contributed by atoms with Crippen LogP contribution in [0.2, 0.25) is 0 Å². The minimum atomic E-state index is -0.954. The highest BCUT2D eigenvalue weighted by Gasteiger charge is 2.27. The first-order chi connectivity index (χ1) is 9.36. The highest BCUT2D eigenvalue weighted by atomic mass is 19.1. The summed E-state index contributed by atoms with van der Waals surface area (Å²) in [5.41, 5.74) is -0.527. The second kappa shape index (κ2) is 7.24. The lowest BCUT2D eigenvalue weighted by Crippen LogP contribution is -2.47. The Kier molecular flexibility index (Phi) is 5.95. The Bertz CT molecular complexity index is 449. The fourth-order valence-corrected chi connectivity index (χ4v) is 1.75. The first-order valence-electron chi connectivity index (χ1n) is 6.84. The van der Waals surface area contributed by atoms with Gasteiger partial charge in [0.15, 0.2) is 0 Å². The van der Waals surface area contributed by atoms with Gasteiger partial charge in [-0.25, -0.2) is 9.18 Å². The second-order valence-electron chi connectivity index (χ2n) is 5.29. The minimum absolute atomic E-state index is 0.0781. The van der Waals surface area contributed by atoms with E-state index in [-0.39, 0.29) is 24.8 Å². The van der Waals surface area contributed by atoms with Gasteiger partial charge >= 0.3 is 6.03 Å². The fraction of sp³-hybridized carbons (Fsp3) is 0.533. The molecule has 0 aliphatic rings. The van der Waals surface area contributed by atoms with E-state index in [9.17, 15) is 14.3 Å². The number of amides is 2. The van der Waals surface area contributed by atoms with Crippen LogP contribution >= 0.6 is 0 Å². The number of benzene rings is 1. The molecule has 2 atom stereocenters. The molecule has 0 aromatic heterocycles. The zero-order valence-electron chi connectivity index (χ0n) is 12.2. The van der Waals surface area contributed by atoms with Crippen LogP contribution in [0.15, 0.2) is 24.3 Å². The highest BCUT2D eigenvalue weighted by Crippen LogP contribution is 2.18. The van der Waals surface area contributed by atoms with Gasteiger partial charge < -0.3 is 15.7 Å². The molecule has 2 amide bonds. The Morgan fingerprint density at radius 1 is 1.40 bits per heavy atom. The normalized spacial score (nSPS) is 15.2. The lowest BCUT2D eigenvalue weighted by atomic mass is 9.89. The molecule has 0 aliphatic heterocycles. The van der Waals surface area contributed by atoms with Crippen molar-refractivity contribution in [1.29, 1.82) is 0 Å². The summed E-state index contributed by atoms with van der Waals surface area (Å²) in [6, 6.07) is 5.86. The summed E-state index contributed by atoms with van der Waals surface area (Å²) >= 11 is 0. The Hall–Kier alpha value is -1.62. The van der Waals surface area contributed by atoms with E-state index in [2.05, 4.69) is 10.6 Å². The summed E-state index contributed by atoms with van der Waals surface area (Å²) < 4.78 is 13.4. The van der Waals surface area contributed by atoms with Crippen LogP contribution in [-0.2, 0) is 6.54 Å². The maximum Gasteiger partial charge on any atom is 0.315 e. The van der Waals surface area contributed by atoms with Crippen LogP contribution in [0.5, 0.6) is 0 Å².